The van der Waals surface area contributed by atoms with Crippen molar-refractivity contribution in [1.82, 2.24) is 24.5 Å². The molecule has 0 aliphatic heterocycles. The molecule has 1 aliphatic rings. The van der Waals surface area contributed by atoms with Crippen molar-refractivity contribution in [3.8, 4) is 5.95 Å². The van der Waals surface area contributed by atoms with Gasteiger partial charge < -0.3 is 15.7 Å². The van der Waals surface area contributed by atoms with Gasteiger partial charge in [-0.25, -0.2) is 4.98 Å². The topological polar surface area (TPSA) is 101 Å². The molecule has 3 N–H and O–H groups in total. The number of aliphatic hydroxyl groups is 1. The summed E-state index contributed by atoms with van der Waals surface area (Å²) < 4.78 is 1.71. The van der Waals surface area contributed by atoms with Crippen LogP contribution in [-0.4, -0.2) is 48.3 Å². The first-order chi connectivity index (χ1) is 10.2. The first kappa shape index (κ1) is 13.7. The lowest BCUT2D eigenvalue weighted by Gasteiger charge is -2.36. The lowest BCUT2D eigenvalue weighted by Crippen LogP contribution is -2.43. The lowest BCUT2D eigenvalue weighted by molar-refractivity contribution is -0.0203. The molecule has 0 amide bonds. The van der Waals surface area contributed by atoms with Crippen LogP contribution in [0, 0.1) is 0 Å². The Kier molecular flexibility index (Phi) is 3.70. The monoisotopic (exact) mass is 289 g/mol. The minimum absolute atomic E-state index is 0.449. The lowest BCUT2D eigenvalue weighted by atomic mass is 9.80. The number of anilines is 2. The van der Waals surface area contributed by atoms with Gasteiger partial charge in [0.15, 0.2) is 0 Å². The van der Waals surface area contributed by atoms with E-state index in [0.717, 1.165) is 25.8 Å². The molecule has 1 saturated carbocycles. The number of hydrogen-bond donors (Lipinski definition) is 3. The number of rotatable bonds is 6. The summed E-state index contributed by atoms with van der Waals surface area (Å²) in [6, 6.07) is 0. The largest absolute Gasteiger partial charge is 0.388 e. The Bertz CT molecular complexity index is 595. The van der Waals surface area contributed by atoms with Crippen LogP contribution in [0.4, 0.5) is 11.9 Å². The minimum atomic E-state index is -0.625. The zero-order chi connectivity index (χ0) is 14.7. The zero-order valence-corrected chi connectivity index (χ0v) is 12.0. The molecular formula is C13H19N7O. The Morgan fingerprint density at radius 2 is 2.00 bits per heavy atom. The van der Waals surface area contributed by atoms with Crippen LogP contribution in [-0.2, 0) is 0 Å². The van der Waals surface area contributed by atoms with E-state index in [1.165, 1.54) is 0 Å². The maximum atomic E-state index is 10.1. The maximum absolute atomic E-state index is 10.1. The maximum Gasteiger partial charge on any atom is 0.241 e. The molecule has 0 radical (unpaired) electrons. The summed E-state index contributed by atoms with van der Waals surface area (Å²) in [6.45, 7) is 3.15. The first-order valence-corrected chi connectivity index (χ1v) is 7.13. The molecule has 3 rings (SSSR count). The summed E-state index contributed by atoms with van der Waals surface area (Å²) >= 11 is 0. The van der Waals surface area contributed by atoms with E-state index in [4.69, 9.17) is 0 Å². The fourth-order valence-electron chi connectivity index (χ4n) is 2.18. The van der Waals surface area contributed by atoms with Gasteiger partial charge in [-0.2, -0.15) is 15.0 Å². The number of imidazole rings is 1. The van der Waals surface area contributed by atoms with E-state index in [2.05, 4.69) is 30.6 Å². The van der Waals surface area contributed by atoms with Gasteiger partial charge >= 0.3 is 0 Å². The molecule has 0 aromatic carbocycles. The molecule has 0 bridgehead atoms. The summed E-state index contributed by atoms with van der Waals surface area (Å²) in [6.07, 6.45) is 7.78. The molecule has 0 atom stereocenters. The molecular weight excluding hydrogens is 270 g/mol. The van der Waals surface area contributed by atoms with Crippen molar-refractivity contribution in [2.45, 2.75) is 31.8 Å². The quantitative estimate of drug-likeness (QED) is 0.723. The molecule has 1 fully saturated rings. The molecule has 2 aromatic heterocycles. The van der Waals surface area contributed by atoms with E-state index in [1.54, 1.807) is 23.3 Å². The van der Waals surface area contributed by atoms with Crippen molar-refractivity contribution < 1.29 is 5.11 Å². The molecule has 0 unspecified atom stereocenters. The summed E-state index contributed by atoms with van der Waals surface area (Å²) in [5.41, 5.74) is -0.625. The fourth-order valence-corrected chi connectivity index (χ4v) is 2.18. The predicted molar refractivity (Wildman–Crippen MR) is 78.4 cm³/mol. The number of aromatic nitrogens is 5. The Balaban J connectivity index is 1.81. The fraction of sp³-hybridized carbons (Fsp3) is 0.538. The van der Waals surface area contributed by atoms with Crippen LogP contribution in [0.3, 0.4) is 0 Å². The van der Waals surface area contributed by atoms with Gasteiger partial charge in [-0.05, 0) is 26.2 Å². The van der Waals surface area contributed by atoms with Crippen LogP contribution in [0.1, 0.15) is 26.2 Å². The van der Waals surface area contributed by atoms with E-state index in [9.17, 15) is 5.11 Å². The summed E-state index contributed by atoms with van der Waals surface area (Å²) in [5.74, 6) is 1.44. The van der Waals surface area contributed by atoms with Gasteiger partial charge in [0.25, 0.3) is 0 Å². The average Bonchev–Trinajstić information content (AvgIpc) is 2.97. The van der Waals surface area contributed by atoms with Crippen molar-refractivity contribution in [2.75, 3.05) is 23.7 Å². The highest BCUT2D eigenvalue weighted by atomic mass is 16.3. The van der Waals surface area contributed by atoms with E-state index in [1.807, 2.05) is 6.92 Å². The Labute approximate surface area is 122 Å². The molecule has 112 valence electrons. The third-order valence-corrected chi connectivity index (χ3v) is 3.55. The third kappa shape index (κ3) is 3.10. The van der Waals surface area contributed by atoms with Crippen LogP contribution in [0.2, 0.25) is 0 Å². The Morgan fingerprint density at radius 1 is 1.24 bits per heavy atom. The average molecular weight is 289 g/mol. The molecule has 8 nitrogen and oxygen atoms in total. The highest BCUT2D eigenvalue weighted by molar-refractivity contribution is 5.38. The van der Waals surface area contributed by atoms with E-state index < -0.39 is 5.60 Å². The number of nitrogens with one attached hydrogen (secondary N) is 2. The second kappa shape index (κ2) is 5.65. The van der Waals surface area contributed by atoms with Gasteiger partial charge in [0.2, 0.25) is 17.8 Å². The van der Waals surface area contributed by atoms with Crippen LogP contribution in [0.5, 0.6) is 0 Å². The molecule has 2 heterocycles. The highest BCUT2D eigenvalue weighted by Crippen LogP contribution is 2.31. The molecule has 0 spiro atoms. The predicted octanol–water partition coefficient (Wildman–Crippen LogP) is 0.816. The standard InChI is InChI=1S/C13H19N7O/c1-2-15-10-17-11(16-8-13(21)4-3-5-13)19-12(18-10)20-7-6-14-9-20/h6-7,9,21H,2-5,8H2,1H3,(H2,15,16,17,18,19). The van der Waals surface area contributed by atoms with Gasteiger partial charge in [-0.3, -0.25) is 4.57 Å². The van der Waals surface area contributed by atoms with Crippen LogP contribution in [0.15, 0.2) is 18.7 Å². The van der Waals surface area contributed by atoms with Crippen LogP contribution in [0.25, 0.3) is 5.95 Å². The molecule has 2 aromatic rings. The van der Waals surface area contributed by atoms with Gasteiger partial charge in [0, 0.05) is 25.5 Å². The summed E-state index contributed by atoms with van der Waals surface area (Å²) in [7, 11) is 0. The zero-order valence-electron chi connectivity index (χ0n) is 12.0. The van der Waals surface area contributed by atoms with E-state index in [-0.39, 0.29) is 0 Å². The van der Waals surface area contributed by atoms with Gasteiger partial charge in [-0.1, -0.05) is 0 Å². The smallest absolute Gasteiger partial charge is 0.241 e. The molecule has 0 saturated heterocycles. The van der Waals surface area contributed by atoms with Crippen molar-refractivity contribution in [1.29, 1.82) is 0 Å². The Hall–Kier alpha value is -2.22. The van der Waals surface area contributed by atoms with Crippen LogP contribution >= 0.6 is 0 Å². The van der Waals surface area contributed by atoms with Crippen molar-refractivity contribution in [2.24, 2.45) is 0 Å². The van der Waals surface area contributed by atoms with E-state index in [0.29, 0.717) is 24.4 Å². The minimum Gasteiger partial charge on any atom is -0.388 e. The number of hydrogen-bond acceptors (Lipinski definition) is 7. The normalized spacial score (nSPS) is 16.3. The van der Waals surface area contributed by atoms with Crippen molar-refractivity contribution in [3.63, 3.8) is 0 Å². The van der Waals surface area contributed by atoms with E-state index >= 15 is 0 Å². The Morgan fingerprint density at radius 3 is 2.57 bits per heavy atom. The third-order valence-electron chi connectivity index (χ3n) is 3.55. The molecule has 21 heavy (non-hydrogen) atoms. The summed E-state index contributed by atoms with van der Waals surface area (Å²) in [4.78, 5) is 17.0. The SMILES string of the molecule is CCNc1nc(NCC2(O)CCC2)nc(-n2ccnc2)n1. The van der Waals surface area contributed by atoms with Crippen molar-refractivity contribution in [3.05, 3.63) is 18.7 Å². The van der Waals surface area contributed by atoms with Gasteiger partial charge in [-0.15, -0.1) is 0 Å². The molecule has 1 aliphatic carbocycles. The van der Waals surface area contributed by atoms with Gasteiger partial charge in [0.05, 0.1) is 5.60 Å². The summed E-state index contributed by atoms with van der Waals surface area (Å²) in [5, 5.41) is 16.3. The number of nitrogens with zero attached hydrogens (tertiary/aromatic N) is 5. The van der Waals surface area contributed by atoms with Gasteiger partial charge in [0.1, 0.15) is 6.33 Å². The van der Waals surface area contributed by atoms with Crippen molar-refractivity contribution >= 4 is 11.9 Å². The second-order valence-corrected chi connectivity index (χ2v) is 5.21. The van der Waals surface area contributed by atoms with Crippen LogP contribution < -0.4 is 10.6 Å². The molecule has 8 heteroatoms. The second-order valence-electron chi connectivity index (χ2n) is 5.21. The highest BCUT2D eigenvalue weighted by Gasteiger charge is 2.34. The first-order valence-electron chi connectivity index (χ1n) is 7.13.